The number of furan rings is 1. The highest BCUT2D eigenvalue weighted by molar-refractivity contribution is 7.07. The molecule has 0 saturated heterocycles. The van der Waals surface area contributed by atoms with Gasteiger partial charge in [0.2, 0.25) is 0 Å². The second-order valence-electron chi connectivity index (χ2n) is 5.70. The lowest BCUT2D eigenvalue weighted by Gasteiger charge is -2.15. The average molecular weight is 386 g/mol. The minimum Gasteiger partial charge on any atom is -0.487 e. The molecule has 27 heavy (non-hydrogen) atoms. The highest BCUT2D eigenvalue weighted by atomic mass is 32.1. The molecule has 0 unspecified atom stereocenters. The number of benzene rings is 1. The largest absolute Gasteiger partial charge is 0.487 e. The molecule has 7 nitrogen and oxygen atoms in total. The minimum atomic E-state index is -0.589. The Labute approximate surface area is 160 Å². The number of likely N-dealkylation sites (N-methyl/N-ethyl adjacent to an activating group) is 1. The predicted octanol–water partition coefficient (Wildman–Crippen LogP) is 3.13. The number of hydrogen-bond acceptors (Lipinski definition) is 7. The van der Waals surface area contributed by atoms with Crippen LogP contribution in [0.3, 0.4) is 0 Å². The maximum absolute atomic E-state index is 12.2. The first-order valence-electron chi connectivity index (χ1n) is 8.15. The number of thiazole rings is 1. The summed E-state index contributed by atoms with van der Waals surface area (Å²) < 4.78 is 15.9. The van der Waals surface area contributed by atoms with Crippen molar-refractivity contribution in [2.45, 2.75) is 13.2 Å². The Bertz CT molecular complexity index is 877. The van der Waals surface area contributed by atoms with Gasteiger partial charge in [0, 0.05) is 12.4 Å². The summed E-state index contributed by atoms with van der Waals surface area (Å²) in [5.41, 5.74) is 2.86. The van der Waals surface area contributed by atoms with E-state index in [0.717, 1.165) is 5.69 Å². The molecule has 0 spiro atoms. The fourth-order valence-corrected chi connectivity index (χ4v) is 2.77. The lowest BCUT2D eigenvalue weighted by molar-refractivity contribution is -0.133. The summed E-state index contributed by atoms with van der Waals surface area (Å²) in [6.07, 6.45) is 1.54. The molecule has 0 bridgehead atoms. The molecule has 0 N–H and O–H groups in total. The van der Waals surface area contributed by atoms with Crippen molar-refractivity contribution in [3.63, 3.8) is 0 Å². The van der Waals surface area contributed by atoms with Crippen molar-refractivity contribution < 1.29 is 23.5 Å². The van der Waals surface area contributed by atoms with Crippen LogP contribution >= 0.6 is 11.3 Å². The van der Waals surface area contributed by atoms with Crippen LogP contribution in [0.1, 0.15) is 21.8 Å². The van der Waals surface area contributed by atoms with Crippen molar-refractivity contribution in [1.29, 1.82) is 0 Å². The Morgan fingerprint density at radius 1 is 1.26 bits per heavy atom. The Hall–Kier alpha value is -3.13. The Morgan fingerprint density at radius 3 is 2.89 bits per heavy atom. The smallest absolute Gasteiger partial charge is 0.338 e. The van der Waals surface area contributed by atoms with E-state index in [1.54, 1.807) is 49.0 Å². The third-order valence-electron chi connectivity index (χ3n) is 3.67. The fourth-order valence-electron chi connectivity index (χ4n) is 2.22. The number of aromatic nitrogens is 1. The predicted molar refractivity (Wildman–Crippen MR) is 98.4 cm³/mol. The van der Waals surface area contributed by atoms with Crippen LogP contribution in [-0.4, -0.2) is 35.4 Å². The molecular weight excluding hydrogens is 368 g/mol. The highest BCUT2D eigenvalue weighted by Crippen LogP contribution is 2.16. The van der Waals surface area contributed by atoms with Gasteiger partial charge in [0.05, 0.1) is 29.6 Å². The Morgan fingerprint density at radius 2 is 2.15 bits per heavy atom. The highest BCUT2D eigenvalue weighted by Gasteiger charge is 2.15. The number of ether oxygens (including phenoxy) is 2. The summed E-state index contributed by atoms with van der Waals surface area (Å²) in [6, 6.07) is 10.1. The van der Waals surface area contributed by atoms with E-state index in [0.29, 0.717) is 30.2 Å². The lowest BCUT2D eigenvalue weighted by atomic mass is 10.2. The lowest BCUT2D eigenvalue weighted by Crippen LogP contribution is -2.30. The van der Waals surface area contributed by atoms with Crippen LogP contribution < -0.4 is 4.74 Å². The third kappa shape index (κ3) is 5.42. The molecule has 0 fully saturated rings. The zero-order valence-electron chi connectivity index (χ0n) is 14.7. The maximum Gasteiger partial charge on any atom is 0.338 e. The first-order chi connectivity index (χ1) is 13.1. The second kappa shape index (κ2) is 9.00. The first-order valence-corrected chi connectivity index (χ1v) is 9.09. The normalized spacial score (nSPS) is 10.4. The molecule has 0 aliphatic heterocycles. The van der Waals surface area contributed by atoms with Gasteiger partial charge in [0.25, 0.3) is 5.91 Å². The number of carbonyl (C=O) groups excluding carboxylic acids is 2. The first kappa shape index (κ1) is 18.7. The van der Waals surface area contributed by atoms with Crippen LogP contribution in [0.2, 0.25) is 0 Å². The molecule has 0 aliphatic carbocycles. The molecule has 0 saturated carbocycles. The van der Waals surface area contributed by atoms with Gasteiger partial charge in [-0.05, 0) is 30.3 Å². The van der Waals surface area contributed by atoms with Crippen molar-refractivity contribution in [3.05, 3.63) is 70.6 Å². The van der Waals surface area contributed by atoms with Crippen molar-refractivity contribution in [2.75, 3.05) is 13.7 Å². The van der Waals surface area contributed by atoms with Gasteiger partial charge in [0.1, 0.15) is 18.1 Å². The molecule has 8 heteroatoms. The van der Waals surface area contributed by atoms with Crippen molar-refractivity contribution >= 4 is 23.2 Å². The molecule has 3 rings (SSSR count). The molecule has 2 heterocycles. The van der Waals surface area contributed by atoms with E-state index in [9.17, 15) is 9.59 Å². The Kier molecular flexibility index (Phi) is 6.22. The van der Waals surface area contributed by atoms with Crippen LogP contribution in [-0.2, 0) is 22.7 Å². The minimum absolute atomic E-state index is 0.309. The van der Waals surface area contributed by atoms with E-state index < -0.39 is 5.97 Å². The molecule has 1 aromatic carbocycles. The SMILES string of the molecule is CN(Cc1ccco1)C(=O)COC(=O)c1cccc(OCc2cscn2)c1. The van der Waals surface area contributed by atoms with Gasteiger partial charge < -0.3 is 18.8 Å². The number of hydrogen-bond donors (Lipinski definition) is 0. The van der Waals surface area contributed by atoms with Gasteiger partial charge in [-0.15, -0.1) is 11.3 Å². The summed E-state index contributed by atoms with van der Waals surface area (Å²) in [7, 11) is 1.62. The second-order valence-corrected chi connectivity index (χ2v) is 6.42. The molecule has 0 radical (unpaired) electrons. The van der Waals surface area contributed by atoms with E-state index in [-0.39, 0.29) is 12.5 Å². The quantitative estimate of drug-likeness (QED) is 0.553. The number of rotatable bonds is 8. The average Bonchev–Trinajstić information content (AvgIpc) is 3.38. The summed E-state index contributed by atoms with van der Waals surface area (Å²) in [5.74, 6) is 0.269. The van der Waals surface area contributed by atoms with Crippen molar-refractivity contribution in [2.24, 2.45) is 0 Å². The summed E-state index contributed by atoms with van der Waals surface area (Å²) >= 11 is 1.49. The van der Waals surface area contributed by atoms with Gasteiger partial charge in [-0.2, -0.15) is 0 Å². The van der Waals surface area contributed by atoms with Crippen LogP contribution in [0.5, 0.6) is 5.75 Å². The monoisotopic (exact) mass is 386 g/mol. The standard InChI is InChI=1S/C19H18N2O5S/c1-21(9-17-6-3-7-24-17)18(22)11-26-19(23)14-4-2-5-16(8-14)25-10-15-12-27-13-20-15/h2-8,12-13H,9-11H2,1H3. The van der Waals surface area contributed by atoms with E-state index in [4.69, 9.17) is 13.9 Å². The van der Waals surface area contributed by atoms with Crippen LogP contribution in [0.25, 0.3) is 0 Å². The number of nitrogens with zero attached hydrogens (tertiary/aromatic N) is 2. The maximum atomic E-state index is 12.2. The molecule has 2 aromatic heterocycles. The van der Waals surface area contributed by atoms with Crippen molar-refractivity contribution in [1.82, 2.24) is 9.88 Å². The number of carbonyl (C=O) groups is 2. The third-order valence-corrected chi connectivity index (χ3v) is 4.30. The van der Waals surface area contributed by atoms with Crippen LogP contribution in [0.4, 0.5) is 0 Å². The Balaban J connectivity index is 1.50. The summed E-state index contributed by atoms with van der Waals surface area (Å²) in [4.78, 5) is 29.8. The van der Waals surface area contributed by atoms with Gasteiger partial charge in [-0.1, -0.05) is 6.07 Å². The van der Waals surface area contributed by atoms with Crippen LogP contribution in [0, 0.1) is 0 Å². The fraction of sp³-hybridized carbons (Fsp3) is 0.211. The van der Waals surface area contributed by atoms with Gasteiger partial charge in [-0.3, -0.25) is 4.79 Å². The summed E-state index contributed by atoms with van der Waals surface area (Å²) in [5, 5.41) is 1.89. The van der Waals surface area contributed by atoms with E-state index >= 15 is 0 Å². The van der Waals surface area contributed by atoms with E-state index in [1.165, 1.54) is 22.5 Å². The van der Waals surface area contributed by atoms with E-state index in [1.807, 2.05) is 5.38 Å². The zero-order valence-corrected chi connectivity index (χ0v) is 15.5. The summed E-state index contributed by atoms with van der Waals surface area (Å²) in [6.45, 7) is 0.279. The van der Waals surface area contributed by atoms with E-state index in [2.05, 4.69) is 4.98 Å². The van der Waals surface area contributed by atoms with Gasteiger partial charge in [-0.25, -0.2) is 9.78 Å². The molecular formula is C19H18N2O5S. The molecule has 0 aliphatic rings. The van der Waals surface area contributed by atoms with Gasteiger partial charge >= 0.3 is 5.97 Å². The topological polar surface area (TPSA) is 81.9 Å². The number of amides is 1. The molecule has 140 valence electrons. The number of esters is 1. The molecule has 3 aromatic rings. The van der Waals surface area contributed by atoms with Crippen LogP contribution in [0.15, 0.2) is 58.0 Å². The molecule has 1 amide bonds. The molecule has 0 atom stereocenters. The zero-order chi connectivity index (χ0) is 19.1. The van der Waals surface area contributed by atoms with Gasteiger partial charge in [0.15, 0.2) is 6.61 Å². The van der Waals surface area contributed by atoms with Crippen molar-refractivity contribution in [3.8, 4) is 5.75 Å².